The molecule has 4 nitrogen and oxygen atoms in total. The lowest BCUT2D eigenvalue weighted by molar-refractivity contribution is -0.132. The van der Waals surface area contributed by atoms with Crippen molar-refractivity contribution in [2.75, 3.05) is 32.8 Å². The molecule has 3 fully saturated rings. The number of amides is 1. The van der Waals surface area contributed by atoms with Gasteiger partial charge >= 0.3 is 0 Å². The van der Waals surface area contributed by atoms with Crippen molar-refractivity contribution < 1.29 is 9.53 Å². The van der Waals surface area contributed by atoms with Gasteiger partial charge < -0.3 is 9.64 Å². The first-order valence-electron chi connectivity index (χ1n) is 7.37. The number of hydrogen-bond acceptors (Lipinski definition) is 3. The molecule has 0 radical (unpaired) electrons. The second-order valence-electron chi connectivity index (χ2n) is 5.92. The highest BCUT2D eigenvalue weighted by molar-refractivity contribution is 5.79. The molecule has 4 heteroatoms. The Labute approximate surface area is 109 Å². The van der Waals surface area contributed by atoms with Gasteiger partial charge in [0.05, 0.1) is 6.61 Å². The molecule has 3 rings (SSSR count). The summed E-state index contributed by atoms with van der Waals surface area (Å²) in [7, 11) is 0. The highest BCUT2D eigenvalue weighted by atomic mass is 16.5. The van der Waals surface area contributed by atoms with Crippen LogP contribution in [-0.4, -0.2) is 60.1 Å². The Kier molecular flexibility index (Phi) is 3.32. The van der Waals surface area contributed by atoms with Gasteiger partial charge in [0, 0.05) is 44.2 Å². The van der Waals surface area contributed by atoms with E-state index in [1.54, 1.807) is 0 Å². The third kappa shape index (κ3) is 1.95. The predicted molar refractivity (Wildman–Crippen MR) is 69.4 cm³/mol. The summed E-state index contributed by atoms with van der Waals surface area (Å²) in [6.45, 7) is 7.10. The monoisotopic (exact) mass is 252 g/mol. The van der Waals surface area contributed by atoms with E-state index >= 15 is 0 Å². The molecule has 1 amide bonds. The molecule has 3 aliphatic heterocycles. The van der Waals surface area contributed by atoms with Gasteiger partial charge in [-0.2, -0.15) is 0 Å². The van der Waals surface area contributed by atoms with Gasteiger partial charge in [-0.1, -0.05) is 0 Å². The van der Waals surface area contributed by atoms with E-state index in [4.69, 9.17) is 4.74 Å². The molecule has 0 aromatic carbocycles. The van der Waals surface area contributed by atoms with Crippen LogP contribution in [0.15, 0.2) is 0 Å². The minimum Gasteiger partial charge on any atom is -0.380 e. The Balaban J connectivity index is 1.63. The van der Waals surface area contributed by atoms with Crippen LogP contribution in [-0.2, 0) is 9.53 Å². The maximum absolute atomic E-state index is 11.9. The molecule has 0 aromatic heterocycles. The van der Waals surface area contributed by atoms with Crippen molar-refractivity contribution in [2.24, 2.45) is 0 Å². The van der Waals surface area contributed by atoms with Crippen LogP contribution in [0, 0.1) is 0 Å². The molecule has 3 saturated heterocycles. The van der Waals surface area contributed by atoms with E-state index in [1.807, 2.05) is 0 Å². The number of hydrogen-bond donors (Lipinski definition) is 0. The second-order valence-corrected chi connectivity index (χ2v) is 5.92. The van der Waals surface area contributed by atoms with Crippen molar-refractivity contribution >= 4 is 5.91 Å². The SMILES string of the molecule is CCN1C(=O)CCC12CCN(C1CCOC1)CC2. The van der Waals surface area contributed by atoms with Crippen molar-refractivity contribution in [1.82, 2.24) is 9.80 Å². The van der Waals surface area contributed by atoms with Crippen LogP contribution in [0.3, 0.4) is 0 Å². The number of ether oxygens (including phenoxy) is 1. The van der Waals surface area contributed by atoms with E-state index < -0.39 is 0 Å². The zero-order valence-corrected chi connectivity index (χ0v) is 11.4. The zero-order valence-electron chi connectivity index (χ0n) is 11.4. The van der Waals surface area contributed by atoms with Crippen LogP contribution in [0.1, 0.15) is 39.0 Å². The van der Waals surface area contributed by atoms with E-state index in [2.05, 4.69) is 16.7 Å². The minimum absolute atomic E-state index is 0.196. The largest absolute Gasteiger partial charge is 0.380 e. The van der Waals surface area contributed by atoms with Crippen LogP contribution >= 0.6 is 0 Å². The number of carbonyl (C=O) groups is 1. The number of piperidine rings is 1. The van der Waals surface area contributed by atoms with Crippen LogP contribution in [0.2, 0.25) is 0 Å². The van der Waals surface area contributed by atoms with Crippen molar-refractivity contribution in [1.29, 1.82) is 0 Å². The molecule has 3 heterocycles. The zero-order chi connectivity index (χ0) is 12.6. The highest BCUT2D eigenvalue weighted by Crippen LogP contribution is 2.39. The lowest BCUT2D eigenvalue weighted by atomic mass is 9.84. The van der Waals surface area contributed by atoms with Crippen LogP contribution in [0.25, 0.3) is 0 Å². The Morgan fingerprint density at radius 2 is 2.11 bits per heavy atom. The van der Waals surface area contributed by atoms with Gasteiger partial charge in [0.2, 0.25) is 5.91 Å². The fourth-order valence-corrected chi connectivity index (χ4v) is 4.02. The van der Waals surface area contributed by atoms with E-state index in [0.29, 0.717) is 11.9 Å². The van der Waals surface area contributed by atoms with Crippen LogP contribution in [0.4, 0.5) is 0 Å². The topological polar surface area (TPSA) is 32.8 Å². The lowest BCUT2D eigenvalue weighted by Crippen LogP contribution is -2.54. The maximum atomic E-state index is 11.9. The molecule has 18 heavy (non-hydrogen) atoms. The van der Waals surface area contributed by atoms with Gasteiger partial charge in [-0.15, -0.1) is 0 Å². The standard InChI is InChI=1S/C14H24N2O2/c1-2-16-13(17)3-5-14(16)6-8-15(9-7-14)12-4-10-18-11-12/h12H,2-11H2,1H3. The highest BCUT2D eigenvalue weighted by Gasteiger charge is 2.46. The van der Waals surface area contributed by atoms with Crippen molar-refractivity contribution in [3.63, 3.8) is 0 Å². The quantitative estimate of drug-likeness (QED) is 0.741. The number of likely N-dealkylation sites (tertiary alicyclic amines) is 2. The Hall–Kier alpha value is -0.610. The first-order valence-corrected chi connectivity index (χ1v) is 7.37. The smallest absolute Gasteiger partial charge is 0.223 e. The Morgan fingerprint density at radius 1 is 1.33 bits per heavy atom. The summed E-state index contributed by atoms with van der Waals surface area (Å²) in [4.78, 5) is 16.6. The molecule has 0 N–H and O–H groups in total. The molecule has 1 unspecified atom stereocenters. The molecule has 3 aliphatic rings. The predicted octanol–water partition coefficient (Wildman–Crippen LogP) is 1.25. The van der Waals surface area contributed by atoms with E-state index in [-0.39, 0.29) is 5.54 Å². The second kappa shape index (κ2) is 4.82. The van der Waals surface area contributed by atoms with Gasteiger partial charge in [0.25, 0.3) is 0 Å². The molecule has 0 saturated carbocycles. The summed E-state index contributed by atoms with van der Waals surface area (Å²) >= 11 is 0. The molecular weight excluding hydrogens is 228 g/mol. The molecule has 0 aliphatic carbocycles. The van der Waals surface area contributed by atoms with E-state index in [1.165, 1.54) is 6.42 Å². The summed E-state index contributed by atoms with van der Waals surface area (Å²) < 4.78 is 5.48. The number of nitrogens with zero attached hydrogens (tertiary/aromatic N) is 2. The summed E-state index contributed by atoms with van der Waals surface area (Å²) in [5.41, 5.74) is 0.196. The third-order valence-corrected chi connectivity index (χ3v) is 5.14. The lowest BCUT2D eigenvalue weighted by Gasteiger charge is -2.46. The fraction of sp³-hybridized carbons (Fsp3) is 0.929. The van der Waals surface area contributed by atoms with Gasteiger partial charge in [0.15, 0.2) is 0 Å². The Bertz CT molecular complexity index is 318. The van der Waals surface area contributed by atoms with Gasteiger partial charge in [-0.25, -0.2) is 0 Å². The van der Waals surface area contributed by atoms with Crippen molar-refractivity contribution in [3.05, 3.63) is 0 Å². The molecule has 1 spiro atoms. The molecular formula is C14H24N2O2. The summed E-state index contributed by atoms with van der Waals surface area (Å²) in [5, 5.41) is 0. The summed E-state index contributed by atoms with van der Waals surface area (Å²) in [5.74, 6) is 0.371. The minimum atomic E-state index is 0.196. The fourth-order valence-electron chi connectivity index (χ4n) is 4.02. The summed E-state index contributed by atoms with van der Waals surface area (Å²) in [6.07, 6.45) is 5.34. The molecule has 102 valence electrons. The average molecular weight is 252 g/mol. The van der Waals surface area contributed by atoms with Crippen molar-refractivity contribution in [2.45, 2.75) is 50.6 Å². The summed E-state index contributed by atoms with van der Waals surface area (Å²) in [6, 6.07) is 0.634. The number of carbonyl (C=O) groups excluding carboxylic acids is 1. The van der Waals surface area contributed by atoms with Gasteiger partial charge in [-0.3, -0.25) is 9.69 Å². The first-order chi connectivity index (χ1) is 8.75. The average Bonchev–Trinajstić information content (AvgIpc) is 3.00. The number of rotatable bonds is 2. The third-order valence-electron chi connectivity index (χ3n) is 5.14. The van der Waals surface area contributed by atoms with E-state index in [9.17, 15) is 4.79 Å². The normalized spacial score (nSPS) is 32.6. The molecule has 1 atom stereocenters. The molecule has 0 aromatic rings. The van der Waals surface area contributed by atoms with Crippen LogP contribution in [0.5, 0.6) is 0 Å². The van der Waals surface area contributed by atoms with Gasteiger partial charge in [0.1, 0.15) is 0 Å². The van der Waals surface area contributed by atoms with Crippen molar-refractivity contribution in [3.8, 4) is 0 Å². The first kappa shape index (κ1) is 12.4. The Morgan fingerprint density at radius 3 is 2.72 bits per heavy atom. The van der Waals surface area contributed by atoms with Crippen LogP contribution < -0.4 is 0 Å². The molecule has 0 bridgehead atoms. The van der Waals surface area contributed by atoms with Gasteiger partial charge in [-0.05, 0) is 32.6 Å². The van der Waals surface area contributed by atoms with E-state index in [0.717, 1.165) is 58.5 Å². The maximum Gasteiger partial charge on any atom is 0.223 e.